The fraction of sp³-hybridized carbons (Fsp3) is 0.800. The van der Waals surface area contributed by atoms with E-state index < -0.39 is 27.8 Å². The largest absolute Gasteiger partial charge is 0.481 e. The van der Waals surface area contributed by atoms with E-state index in [1.54, 1.807) is 13.8 Å². The summed E-state index contributed by atoms with van der Waals surface area (Å²) in [5.74, 6) is -1.67. The van der Waals surface area contributed by atoms with Gasteiger partial charge in [-0.25, -0.2) is 8.42 Å². The molecule has 0 bridgehead atoms. The smallest absolute Gasteiger partial charge is 0.305 e. The molecule has 1 amide bonds. The number of nitrogens with one attached hydrogen (secondary N) is 1. The van der Waals surface area contributed by atoms with Gasteiger partial charge >= 0.3 is 5.97 Å². The molecule has 0 aliphatic heterocycles. The van der Waals surface area contributed by atoms with Crippen molar-refractivity contribution in [3.8, 4) is 0 Å². The average Bonchev–Trinajstić information content (AvgIpc) is 2.11. The van der Waals surface area contributed by atoms with E-state index in [-0.39, 0.29) is 24.5 Å². The van der Waals surface area contributed by atoms with E-state index in [1.807, 2.05) is 0 Å². The van der Waals surface area contributed by atoms with E-state index in [1.165, 1.54) is 0 Å². The van der Waals surface area contributed by atoms with E-state index in [9.17, 15) is 18.0 Å². The molecular weight excluding hydrogens is 246 g/mol. The number of rotatable bonds is 7. The predicted molar refractivity (Wildman–Crippen MR) is 63.3 cm³/mol. The van der Waals surface area contributed by atoms with Crippen LogP contribution >= 0.6 is 0 Å². The minimum atomic E-state index is -3.18. The lowest BCUT2D eigenvalue weighted by molar-refractivity contribution is -0.138. The van der Waals surface area contributed by atoms with Gasteiger partial charge in [0.1, 0.15) is 9.84 Å². The maximum absolute atomic E-state index is 11.4. The van der Waals surface area contributed by atoms with Crippen molar-refractivity contribution in [1.29, 1.82) is 0 Å². The highest BCUT2D eigenvalue weighted by Crippen LogP contribution is 2.06. The van der Waals surface area contributed by atoms with Crippen LogP contribution in [0.25, 0.3) is 0 Å². The molecule has 0 heterocycles. The highest BCUT2D eigenvalue weighted by atomic mass is 32.2. The van der Waals surface area contributed by atoms with Crippen LogP contribution in [0.4, 0.5) is 0 Å². The van der Waals surface area contributed by atoms with Crippen molar-refractivity contribution < 1.29 is 23.1 Å². The Morgan fingerprint density at radius 1 is 1.29 bits per heavy atom. The first-order valence-electron chi connectivity index (χ1n) is 5.30. The fourth-order valence-corrected chi connectivity index (χ4v) is 1.75. The Bertz CT molecular complexity index is 374. The zero-order chi connectivity index (χ0) is 13.6. The summed E-state index contributed by atoms with van der Waals surface area (Å²) in [4.78, 5) is 22.0. The van der Waals surface area contributed by atoms with Crippen LogP contribution in [0.5, 0.6) is 0 Å². The Balaban J connectivity index is 4.27. The molecule has 17 heavy (non-hydrogen) atoms. The van der Waals surface area contributed by atoms with E-state index in [0.29, 0.717) is 0 Å². The lowest BCUT2D eigenvalue weighted by Crippen LogP contribution is -2.40. The van der Waals surface area contributed by atoms with Crippen molar-refractivity contribution in [3.63, 3.8) is 0 Å². The van der Waals surface area contributed by atoms with Gasteiger partial charge in [-0.05, 0) is 5.92 Å². The van der Waals surface area contributed by atoms with Crippen molar-refractivity contribution in [2.24, 2.45) is 5.92 Å². The molecule has 0 rings (SSSR count). The molecule has 1 unspecified atom stereocenters. The van der Waals surface area contributed by atoms with Gasteiger partial charge in [0.25, 0.3) is 0 Å². The third kappa shape index (κ3) is 8.67. The van der Waals surface area contributed by atoms with Crippen molar-refractivity contribution >= 4 is 21.7 Å². The number of carbonyl (C=O) groups excluding carboxylic acids is 1. The standard InChI is InChI=1S/C10H19NO5S/c1-7(2)8(6-10(13)14)11-9(12)4-5-17(3,15)16/h7-8H,4-6H2,1-3H3,(H,11,12)(H,13,14). The van der Waals surface area contributed by atoms with Crippen LogP contribution in [0.2, 0.25) is 0 Å². The third-order valence-corrected chi connectivity index (χ3v) is 3.19. The first-order valence-corrected chi connectivity index (χ1v) is 7.36. The molecule has 0 aliphatic rings. The molecule has 100 valence electrons. The number of carboxylic acid groups (broad SMARTS) is 1. The topological polar surface area (TPSA) is 101 Å². The van der Waals surface area contributed by atoms with Gasteiger partial charge in [0.15, 0.2) is 0 Å². The second-order valence-electron chi connectivity index (χ2n) is 4.40. The molecule has 1 atom stereocenters. The SMILES string of the molecule is CC(C)C(CC(=O)O)NC(=O)CCS(C)(=O)=O. The fourth-order valence-electron chi connectivity index (χ4n) is 1.20. The van der Waals surface area contributed by atoms with Crippen LogP contribution in [0.1, 0.15) is 26.7 Å². The van der Waals surface area contributed by atoms with Gasteiger partial charge < -0.3 is 10.4 Å². The first-order chi connectivity index (χ1) is 7.61. The molecular formula is C10H19NO5S. The summed E-state index contributed by atoms with van der Waals surface area (Å²) in [6.45, 7) is 3.59. The molecule has 0 aromatic rings. The van der Waals surface area contributed by atoms with Crippen molar-refractivity contribution in [2.45, 2.75) is 32.7 Å². The van der Waals surface area contributed by atoms with E-state index in [0.717, 1.165) is 6.26 Å². The summed E-state index contributed by atoms with van der Waals surface area (Å²) in [5.41, 5.74) is 0. The van der Waals surface area contributed by atoms with E-state index in [2.05, 4.69) is 5.32 Å². The van der Waals surface area contributed by atoms with Crippen LogP contribution in [-0.4, -0.2) is 43.5 Å². The van der Waals surface area contributed by atoms with Gasteiger partial charge in [0.2, 0.25) is 5.91 Å². The molecule has 0 saturated heterocycles. The number of amides is 1. The lowest BCUT2D eigenvalue weighted by atomic mass is 10.0. The monoisotopic (exact) mass is 265 g/mol. The van der Waals surface area contributed by atoms with Crippen LogP contribution in [-0.2, 0) is 19.4 Å². The minimum absolute atomic E-state index is 0.0201. The number of hydrogen-bond donors (Lipinski definition) is 2. The summed E-state index contributed by atoms with van der Waals surface area (Å²) in [6, 6.07) is -0.473. The molecule has 2 N–H and O–H groups in total. The van der Waals surface area contributed by atoms with Crippen LogP contribution < -0.4 is 5.32 Å². The number of carbonyl (C=O) groups is 2. The molecule has 0 aromatic carbocycles. The second-order valence-corrected chi connectivity index (χ2v) is 6.66. The molecule has 0 saturated carbocycles. The van der Waals surface area contributed by atoms with Gasteiger partial charge in [-0.3, -0.25) is 9.59 Å². The van der Waals surface area contributed by atoms with Gasteiger partial charge in [0, 0.05) is 18.7 Å². The average molecular weight is 265 g/mol. The van der Waals surface area contributed by atoms with Gasteiger partial charge in [0.05, 0.1) is 12.2 Å². The Labute approximate surface area is 101 Å². The highest BCUT2D eigenvalue weighted by Gasteiger charge is 2.19. The Hall–Kier alpha value is -1.11. The third-order valence-electron chi connectivity index (χ3n) is 2.25. The first kappa shape index (κ1) is 15.9. The number of hydrogen-bond acceptors (Lipinski definition) is 4. The molecule has 0 aliphatic carbocycles. The molecule has 7 heteroatoms. The molecule has 0 aromatic heterocycles. The van der Waals surface area contributed by atoms with Crippen molar-refractivity contribution in [1.82, 2.24) is 5.32 Å². The van der Waals surface area contributed by atoms with E-state index >= 15 is 0 Å². The molecule has 0 spiro atoms. The van der Waals surface area contributed by atoms with Crippen LogP contribution in [0, 0.1) is 5.92 Å². The van der Waals surface area contributed by atoms with Crippen LogP contribution in [0.3, 0.4) is 0 Å². The minimum Gasteiger partial charge on any atom is -0.481 e. The lowest BCUT2D eigenvalue weighted by Gasteiger charge is -2.20. The van der Waals surface area contributed by atoms with E-state index in [4.69, 9.17) is 5.11 Å². The number of carboxylic acids is 1. The highest BCUT2D eigenvalue weighted by molar-refractivity contribution is 7.90. The summed E-state index contributed by atoms with van der Waals surface area (Å²) < 4.78 is 21.7. The predicted octanol–water partition coefficient (Wildman–Crippen LogP) is 0.0366. The summed E-state index contributed by atoms with van der Waals surface area (Å²) in [5, 5.41) is 11.2. The Morgan fingerprint density at radius 3 is 2.18 bits per heavy atom. The normalized spacial score (nSPS) is 13.4. The number of sulfone groups is 1. The van der Waals surface area contributed by atoms with Gasteiger partial charge in [-0.1, -0.05) is 13.8 Å². The molecule has 6 nitrogen and oxygen atoms in total. The van der Waals surface area contributed by atoms with Crippen LogP contribution in [0.15, 0.2) is 0 Å². The molecule has 0 radical (unpaired) electrons. The zero-order valence-corrected chi connectivity index (χ0v) is 11.1. The van der Waals surface area contributed by atoms with Crippen molar-refractivity contribution in [3.05, 3.63) is 0 Å². The summed E-state index contributed by atoms with van der Waals surface area (Å²) >= 11 is 0. The quantitative estimate of drug-likeness (QED) is 0.676. The van der Waals surface area contributed by atoms with Crippen molar-refractivity contribution in [2.75, 3.05) is 12.0 Å². The maximum atomic E-state index is 11.4. The Kier molecular flexibility index (Phi) is 6.15. The van der Waals surface area contributed by atoms with Gasteiger partial charge in [-0.2, -0.15) is 0 Å². The summed E-state index contributed by atoms with van der Waals surface area (Å²) in [7, 11) is -3.18. The summed E-state index contributed by atoms with van der Waals surface area (Å²) in [6.07, 6.45) is 0.751. The second kappa shape index (κ2) is 6.58. The molecule has 0 fully saturated rings. The number of aliphatic carboxylic acids is 1. The Morgan fingerprint density at radius 2 is 1.82 bits per heavy atom. The van der Waals surface area contributed by atoms with Gasteiger partial charge in [-0.15, -0.1) is 0 Å². The maximum Gasteiger partial charge on any atom is 0.305 e. The zero-order valence-electron chi connectivity index (χ0n) is 10.3.